The molecule has 1 saturated heterocycles. The second-order valence-electron chi connectivity index (χ2n) is 5.64. The third kappa shape index (κ3) is 3.06. The van der Waals surface area contributed by atoms with Gasteiger partial charge >= 0.3 is 0 Å². The summed E-state index contributed by atoms with van der Waals surface area (Å²) in [4.78, 5) is 10.8. The molecule has 0 aliphatic carbocycles. The smallest absolute Gasteiger partial charge is 0.152 e. The third-order valence-electron chi connectivity index (χ3n) is 3.68. The van der Waals surface area contributed by atoms with Crippen LogP contribution in [0, 0.1) is 6.92 Å². The summed E-state index contributed by atoms with van der Waals surface area (Å²) in [5.74, 6) is 2.02. The Morgan fingerprint density at radius 3 is 2.50 bits per heavy atom. The summed E-state index contributed by atoms with van der Waals surface area (Å²) in [5, 5.41) is 0.436. The van der Waals surface area contributed by atoms with Gasteiger partial charge in [0.1, 0.15) is 16.8 Å². The highest BCUT2D eigenvalue weighted by molar-refractivity contribution is 7.91. The molecule has 1 aromatic rings. The second kappa shape index (κ2) is 5.48. The molecule has 2 rings (SSSR count). The minimum Gasteiger partial charge on any atom is -0.355 e. The Morgan fingerprint density at radius 1 is 1.35 bits per heavy atom. The van der Waals surface area contributed by atoms with Crippen LogP contribution in [0.25, 0.3) is 0 Å². The van der Waals surface area contributed by atoms with Crippen molar-refractivity contribution in [2.45, 2.75) is 39.2 Å². The summed E-state index contributed by atoms with van der Waals surface area (Å²) in [6, 6.07) is -0.0373. The largest absolute Gasteiger partial charge is 0.355 e. The van der Waals surface area contributed by atoms with E-state index in [0.717, 1.165) is 11.4 Å². The highest BCUT2D eigenvalue weighted by Gasteiger charge is 2.32. The minimum absolute atomic E-state index is 0.0373. The molecule has 1 fully saturated rings. The first-order valence-corrected chi connectivity index (χ1v) is 8.88. The molecule has 1 atom stereocenters. The fraction of sp³-hybridized carbons (Fsp3) is 0.692. The van der Waals surface area contributed by atoms with Crippen LogP contribution in [0.5, 0.6) is 0 Å². The summed E-state index contributed by atoms with van der Waals surface area (Å²) in [6.45, 7) is 5.87. The quantitative estimate of drug-likeness (QED) is 0.800. The molecule has 0 aromatic carbocycles. The number of rotatable bonds is 3. The van der Waals surface area contributed by atoms with Gasteiger partial charge in [-0.15, -0.1) is 0 Å². The molecular weight excluding hydrogens is 298 g/mol. The first kappa shape index (κ1) is 15.5. The Hall–Kier alpha value is -0.880. The predicted molar refractivity (Wildman–Crippen MR) is 81.3 cm³/mol. The van der Waals surface area contributed by atoms with E-state index in [2.05, 4.69) is 9.97 Å². The molecule has 5 nitrogen and oxygen atoms in total. The Kier molecular flexibility index (Phi) is 4.25. The van der Waals surface area contributed by atoms with Crippen LogP contribution < -0.4 is 4.90 Å². The van der Waals surface area contributed by atoms with Crippen LogP contribution in [0.3, 0.4) is 0 Å². The van der Waals surface area contributed by atoms with E-state index in [4.69, 9.17) is 11.6 Å². The van der Waals surface area contributed by atoms with Gasteiger partial charge in [0.15, 0.2) is 9.84 Å². The first-order valence-electron chi connectivity index (χ1n) is 6.68. The van der Waals surface area contributed by atoms with E-state index in [-0.39, 0.29) is 23.5 Å². The molecule has 2 heterocycles. The van der Waals surface area contributed by atoms with Crippen LogP contribution in [0.4, 0.5) is 5.82 Å². The van der Waals surface area contributed by atoms with Crippen molar-refractivity contribution in [3.63, 3.8) is 0 Å². The van der Waals surface area contributed by atoms with E-state index in [1.807, 2.05) is 32.7 Å². The maximum Gasteiger partial charge on any atom is 0.152 e. The van der Waals surface area contributed by atoms with E-state index in [0.29, 0.717) is 17.4 Å². The van der Waals surface area contributed by atoms with Gasteiger partial charge in [-0.1, -0.05) is 25.4 Å². The zero-order valence-electron chi connectivity index (χ0n) is 12.2. The van der Waals surface area contributed by atoms with Crippen LogP contribution in [-0.4, -0.2) is 43.0 Å². The standard InChI is InChI=1S/C13H20ClN3O2S/c1-8(2)12-15-11(14)9(3)13(16-12)17(4)10-5-6-20(18,19)7-10/h8,10H,5-7H2,1-4H3. The SMILES string of the molecule is Cc1c(Cl)nc(C(C)C)nc1N(C)C1CCS(=O)(=O)C1. The van der Waals surface area contributed by atoms with Gasteiger partial charge in [0, 0.05) is 24.6 Å². The summed E-state index contributed by atoms with van der Waals surface area (Å²) in [6.07, 6.45) is 0.636. The van der Waals surface area contributed by atoms with Crippen molar-refractivity contribution < 1.29 is 8.42 Å². The Labute approximate surface area is 125 Å². The lowest BCUT2D eigenvalue weighted by Gasteiger charge is -2.27. The van der Waals surface area contributed by atoms with Gasteiger partial charge in [-0.3, -0.25) is 0 Å². The van der Waals surface area contributed by atoms with E-state index >= 15 is 0 Å². The number of nitrogens with zero attached hydrogens (tertiary/aromatic N) is 3. The molecule has 1 aliphatic heterocycles. The molecule has 20 heavy (non-hydrogen) atoms. The molecule has 1 aromatic heterocycles. The fourth-order valence-corrected chi connectivity index (χ4v) is 4.29. The molecule has 7 heteroatoms. The fourth-order valence-electron chi connectivity index (χ4n) is 2.35. The Bertz CT molecular complexity index is 616. The lowest BCUT2D eigenvalue weighted by atomic mass is 10.2. The van der Waals surface area contributed by atoms with Crippen LogP contribution in [-0.2, 0) is 9.84 Å². The number of anilines is 1. The van der Waals surface area contributed by atoms with Gasteiger partial charge < -0.3 is 4.90 Å². The van der Waals surface area contributed by atoms with E-state index in [1.54, 1.807) is 0 Å². The third-order valence-corrected chi connectivity index (χ3v) is 5.80. The van der Waals surface area contributed by atoms with Crippen LogP contribution in [0.2, 0.25) is 5.15 Å². The zero-order valence-corrected chi connectivity index (χ0v) is 13.8. The highest BCUT2D eigenvalue weighted by atomic mass is 35.5. The summed E-state index contributed by atoms with van der Waals surface area (Å²) < 4.78 is 23.2. The topological polar surface area (TPSA) is 63.2 Å². The van der Waals surface area contributed by atoms with Gasteiger partial charge in [-0.2, -0.15) is 0 Å². The number of aromatic nitrogens is 2. The normalized spacial score (nSPS) is 21.4. The van der Waals surface area contributed by atoms with Gasteiger partial charge in [-0.25, -0.2) is 18.4 Å². The van der Waals surface area contributed by atoms with Crippen molar-refractivity contribution in [2.75, 3.05) is 23.5 Å². The average molecular weight is 318 g/mol. The molecule has 1 unspecified atom stereocenters. The highest BCUT2D eigenvalue weighted by Crippen LogP contribution is 2.28. The van der Waals surface area contributed by atoms with Crippen molar-refractivity contribution in [2.24, 2.45) is 0 Å². The average Bonchev–Trinajstić information content (AvgIpc) is 2.72. The second-order valence-corrected chi connectivity index (χ2v) is 8.23. The molecule has 0 saturated carbocycles. The lowest BCUT2D eigenvalue weighted by Crippen LogP contribution is -2.34. The van der Waals surface area contributed by atoms with Crippen molar-refractivity contribution in [3.8, 4) is 0 Å². The van der Waals surface area contributed by atoms with Crippen molar-refractivity contribution in [3.05, 3.63) is 16.5 Å². The van der Waals surface area contributed by atoms with E-state index in [9.17, 15) is 8.42 Å². The summed E-state index contributed by atoms with van der Waals surface area (Å²) in [7, 11) is -1.04. The Balaban J connectivity index is 2.37. The van der Waals surface area contributed by atoms with Gasteiger partial charge in [0.25, 0.3) is 0 Å². The molecule has 1 aliphatic rings. The number of hydrogen-bond donors (Lipinski definition) is 0. The van der Waals surface area contributed by atoms with E-state index in [1.165, 1.54) is 0 Å². The van der Waals surface area contributed by atoms with Crippen molar-refractivity contribution >= 4 is 27.3 Å². The molecule has 0 bridgehead atoms. The van der Waals surface area contributed by atoms with Gasteiger partial charge in [-0.05, 0) is 13.3 Å². The zero-order chi connectivity index (χ0) is 15.1. The monoisotopic (exact) mass is 317 g/mol. The van der Waals surface area contributed by atoms with Gasteiger partial charge in [0.05, 0.1) is 11.5 Å². The lowest BCUT2D eigenvalue weighted by molar-refractivity contribution is 0.600. The number of halogens is 1. The van der Waals surface area contributed by atoms with Crippen molar-refractivity contribution in [1.82, 2.24) is 9.97 Å². The van der Waals surface area contributed by atoms with Crippen LogP contribution in [0.1, 0.15) is 37.6 Å². The summed E-state index contributed by atoms with van der Waals surface area (Å²) >= 11 is 6.17. The van der Waals surface area contributed by atoms with Crippen molar-refractivity contribution in [1.29, 1.82) is 0 Å². The van der Waals surface area contributed by atoms with Gasteiger partial charge in [0.2, 0.25) is 0 Å². The molecular formula is C13H20ClN3O2S. The minimum atomic E-state index is -2.92. The molecule has 0 N–H and O–H groups in total. The predicted octanol–water partition coefficient (Wildman–Crippen LogP) is 2.19. The van der Waals surface area contributed by atoms with E-state index < -0.39 is 9.84 Å². The molecule has 0 radical (unpaired) electrons. The Morgan fingerprint density at radius 2 is 2.00 bits per heavy atom. The molecule has 0 amide bonds. The maximum absolute atomic E-state index is 11.6. The molecule has 0 spiro atoms. The number of hydrogen-bond acceptors (Lipinski definition) is 5. The number of sulfone groups is 1. The summed E-state index contributed by atoms with van der Waals surface area (Å²) in [5.41, 5.74) is 0.794. The molecule has 112 valence electrons. The maximum atomic E-state index is 11.6. The van der Waals surface area contributed by atoms with Crippen LogP contribution >= 0.6 is 11.6 Å². The van der Waals surface area contributed by atoms with Crippen LogP contribution in [0.15, 0.2) is 0 Å². The first-order chi connectivity index (χ1) is 9.21.